The van der Waals surface area contributed by atoms with Gasteiger partial charge in [0.05, 0.1) is 0 Å². The second-order valence-corrected chi connectivity index (χ2v) is 6.84. The maximum Gasteiger partial charge on any atom is 0.319 e. The van der Waals surface area contributed by atoms with Crippen molar-refractivity contribution in [1.82, 2.24) is 10.2 Å². The van der Waals surface area contributed by atoms with Crippen LogP contribution in [0, 0.1) is 5.92 Å². The van der Waals surface area contributed by atoms with Crippen LogP contribution in [-0.4, -0.2) is 36.0 Å². The molecule has 5 heteroatoms. The molecular formula is C19H27N3O2. The van der Waals surface area contributed by atoms with Crippen LogP contribution < -0.4 is 10.6 Å². The summed E-state index contributed by atoms with van der Waals surface area (Å²) in [5.41, 5.74) is 0.752. The summed E-state index contributed by atoms with van der Waals surface area (Å²) >= 11 is 0. The summed E-state index contributed by atoms with van der Waals surface area (Å²) < 4.78 is 0. The van der Waals surface area contributed by atoms with Crippen molar-refractivity contribution in [2.45, 2.75) is 51.0 Å². The lowest BCUT2D eigenvalue weighted by Crippen LogP contribution is -2.50. The van der Waals surface area contributed by atoms with E-state index in [1.54, 1.807) is 0 Å². The molecule has 0 aromatic heterocycles. The molecule has 1 heterocycles. The molecule has 3 amide bonds. The molecule has 24 heavy (non-hydrogen) atoms. The smallest absolute Gasteiger partial charge is 0.319 e. The third-order valence-corrected chi connectivity index (χ3v) is 5.22. The number of carbonyl (C=O) groups excluding carboxylic acids is 2. The van der Waals surface area contributed by atoms with Crippen LogP contribution in [0.25, 0.3) is 0 Å². The first-order valence-corrected chi connectivity index (χ1v) is 9.13. The molecule has 0 spiro atoms. The van der Waals surface area contributed by atoms with E-state index in [-0.39, 0.29) is 11.9 Å². The lowest BCUT2D eigenvalue weighted by atomic mass is 9.78. The normalized spacial score (nSPS) is 23.2. The zero-order valence-corrected chi connectivity index (χ0v) is 14.2. The van der Waals surface area contributed by atoms with Crippen molar-refractivity contribution in [2.75, 3.05) is 18.4 Å². The van der Waals surface area contributed by atoms with Crippen molar-refractivity contribution in [3.05, 3.63) is 30.3 Å². The number of piperidine rings is 1. The van der Waals surface area contributed by atoms with E-state index in [0.717, 1.165) is 25.1 Å². The molecule has 1 aliphatic carbocycles. The minimum absolute atomic E-state index is 0.187. The van der Waals surface area contributed by atoms with Gasteiger partial charge >= 0.3 is 6.03 Å². The van der Waals surface area contributed by atoms with E-state index in [1.807, 2.05) is 30.3 Å². The lowest BCUT2D eigenvalue weighted by molar-refractivity contribution is -0.137. The predicted molar refractivity (Wildman–Crippen MR) is 94.8 cm³/mol. The minimum Gasteiger partial charge on any atom is -0.339 e. The van der Waals surface area contributed by atoms with E-state index >= 15 is 0 Å². The molecular weight excluding hydrogens is 302 g/mol. The Labute approximate surface area is 143 Å². The van der Waals surface area contributed by atoms with Crippen LogP contribution in [0.3, 0.4) is 0 Å². The molecule has 2 N–H and O–H groups in total. The first kappa shape index (κ1) is 16.8. The van der Waals surface area contributed by atoms with Gasteiger partial charge in [0.2, 0.25) is 5.91 Å². The van der Waals surface area contributed by atoms with Crippen molar-refractivity contribution in [1.29, 1.82) is 0 Å². The number of para-hydroxylation sites is 1. The maximum atomic E-state index is 12.5. The predicted octanol–water partition coefficient (Wildman–Crippen LogP) is 3.38. The zero-order valence-electron chi connectivity index (χ0n) is 14.2. The van der Waals surface area contributed by atoms with Gasteiger partial charge in [0.1, 0.15) is 0 Å². The van der Waals surface area contributed by atoms with Crippen molar-refractivity contribution in [3.8, 4) is 0 Å². The van der Waals surface area contributed by atoms with Crippen molar-refractivity contribution in [3.63, 3.8) is 0 Å². The Morgan fingerprint density at radius 2 is 1.79 bits per heavy atom. The van der Waals surface area contributed by atoms with Gasteiger partial charge in [0, 0.05) is 31.2 Å². The number of likely N-dealkylation sites (tertiary alicyclic amines) is 1. The molecule has 1 aromatic carbocycles. The number of rotatable bonds is 4. The Balaban J connectivity index is 1.42. The number of fused-ring (bicyclic) bond motifs is 1. The number of amides is 3. The van der Waals surface area contributed by atoms with Gasteiger partial charge in [0.25, 0.3) is 0 Å². The highest BCUT2D eigenvalue weighted by Crippen LogP contribution is 2.35. The molecule has 1 aliphatic heterocycles. The summed E-state index contributed by atoms with van der Waals surface area (Å²) in [5, 5.41) is 5.54. The second kappa shape index (κ2) is 8.18. The highest BCUT2D eigenvalue weighted by molar-refractivity contribution is 5.89. The first-order valence-electron chi connectivity index (χ1n) is 9.13. The van der Waals surface area contributed by atoms with Crippen LogP contribution >= 0.6 is 0 Å². The van der Waals surface area contributed by atoms with Gasteiger partial charge < -0.3 is 15.5 Å². The van der Waals surface area contributed by atoms with Gasteiger partial charge in [0.15, 0.2) is 0 Å². The molecule has 5 nitrogen and oxygen atoms in total. The monoisotopic (exact) mass is 329 g/mol. The van der Waals surface area contributed by atoms with Crippen LogP contribution in [-0.2, 0) is 4.79 Å². The maximum absolute atomic E-state index is 12.5. The van der Waals surface area contributed by atoms with E-state index in [4.69, 9.17) is 0 Å². The molecule has 2 fully saturated rings. The Bertz CT molecular complexity index is 559. The molecule has 130 valence electrons. The van der Waals surface area contributed by atoms with Crippen LogP contribution in [0.5, 0.6) is 0 Å². The van der Waals surface area contributed by atoms with Gasteiger partial charge in [-0.15, -0.1) is 0 Å². The van der Waals surface area contributed by atoms with E-state index in [0.29, 0.717) is 24.9 Å². The zero-order chi connectivity index (χ0) is 16.8. The fraction of sp³-hybridized carbons (Fsp3) is 0.579. The topological polar surface area (TPSA) is 61.4 Å². The number of carbonyl (C=O) groups is 2. The van der Waals surface area contributed by atoms with E-state index < -0.39 is 0 Å². The molecule has 0 bridgehead atoms. The minimum atomic E-state index is -0.261. The average Bonchev–Trinajstić information content (AvgIpc) is 2.62. The number of anilines is 1. The number of nitrogens with zero attached hydrogens (tertiary/aromatic N) is 1. The standard InChI is InChI=1S/C19H27N3O2/c23-18(22-14-6-8-15-7-4-5-11-17(15)22)12-13-20-19(24)21-16-9-2-1-3-10-16/h1-3,9-10,15,17H,4-8,11-14H2,(H2,20,21,24). The van der Waals surface area contributed by atoms with Gasteiger partial charge in [-0.05, 0) is 43.7 Å². The molecule has 2 atom stereocenters. The highest BCUT2D eigenvalue weighted by atomic mass is 16.2. The largest absolute Gasteiger partial charge is 0.339 e. The average molecular weight is 329 g/mol. The summed E-state index contributed by atoms with van der Waals surface area (Å²) in [4.78, 5) is 26.5. The molecule has 3 rings (SSSR count). The summed E-state index contributed by atoms with van der Waals surface area (Å²) in [7, 11) is 0. The quantitative estimate of drug-likeness (QED) is 0.889. The SMILES string of the molecule is O=C(NCCC(=O)N1CCCC2CCCCC21)Nc1ccccc1. The number of hydrogen-bond donors (Lipinski definition) is 2. The Hall–Kier alpha value is -2.04. The number of benzene rings is 1. The lowest BCUT2D eigenvalue weighted by Gasteiger charge is -2.44. The molecule has 2 aliphatic rings. The fourth-order valence-corrected chi connectivity index (χ4v) is 4.06. The van der Waals surface area contributed by atoms with Crippen molar-refractivity contribution in [2.24, 2.45) is 5.92 Å². The van der Waals surface area contributed by atoms with Crippen LogP contribution in [0.15, 0.2) is 30.3 Å². The third kappa shape index (κ3) is 4.28. The molecule has 1 saturated heterocycles. The summed E-state index contributed by atoms with van der Waals surface area (Å²) in [5.74, 6) is 0.886. The van der Waals surface area contributed by atoms with E-state index in [2.05, 4.69) is 15.5 Å². The number of urea groups is 1. The first-order chi connectivity index (χ1) is 11.7. The Morgan fingerprint density at radius 1 is 1.04 bits per heavy atom. The molecule has 2 unspecified atom stereocenters. The van der Waals surface area contributed by atoms with Gasteiger partial charge in [-0.2, -0.15) is 0 Å². The van der Waals surface area contributed by atoms with Crippen LogP contribution in [0.2, 0.25) is 0 Å². The van der Waals surface area contributed by atoms with E-state index in [1.165, 1.54) is 25.7 Å². The van der Waals surface area contributed by atoms with E-state index in [9.17, 15) is 9.59 Å². The number of nitrogens with one attached hydrogen (secondary N) is 2. The van der Waals surface area contributed by atoms with Gasteiger partial charge in [-0.25, -0.2) is 4.79 Å². The Kier molecular flexibility index (Phi) is 5.72. The summed E-state index contributed by atoms with van der Waals surface area (Å²) in [6, 6.07) is 9.50. The van der Waals surface area contributed by atoms with Crippen LogP contribution in [0.1, 0.15) is 44.9 Å². The highest BCUT2D eigenvalue weighted by Gasteiger charge is 2.35. The van der Waals surface area contributed by atoms with Crippen LogP contribution in [0.4, 0.5) is 10.5 Å². The summed E-state index contributed by atoms with van der Waals surface area (Å²) in [6.07, 6.45) is 7.74. The van der Waals surface area contributed by atoms with Gasteiger partial charge in [-0.1, -0.05) is 31.0 Å². The van der Waals surface area contributed by atoms with Crippen molar-refractivity contribution >= 4 is 17.6 Å². The third-order valence-electron chi connectivity index (χ3n) is 5.22. The van der Waals surface area contributed by atoms with Gasteiger partial charge in [-0.3, -0.25) is 4.79 Å². The number of hydrogen-bond acceptors (Lipinski definition) is 2. The van der Waals surface area contributed by atoms with Crippen molar-refractivity contribution < 1.29 is 9.59 Å². The summed E-state index contributed by atoms with van der Waals surface area (Å²) in [6.45, 7) is 1.27. The molecule has 1 saturated carbocycles. The second-order valence-electron chi connectivity index (χ2n) is 6.84. The fourth-order valence-electron chi connectivity index (χ4n) is 4.06. The molecule has 1 aromatic rings. The molecule has 0 radical (unpaired) electrons. The Morgan fingerprint density at radius 3 is 2.62 bits per heavy atom.